The van der Waals surface area contributed by atoms with Crippen LogP contribution in [0.5, 0.6) is 23.0 Å². The maximum Gasteiger partial charge on any atom is 0.338 e. The number of halogens is 1. The van der Waals surface area contributed by atoms with Gasteiger partial charge in [0.05, 0.1) is 43.2 Å². The molecule has 248 valence electrons. The molecule has 4 rings (SSSR count). The van der Waals surface area contributed by atoms with E-state index in [2.05, 4.69) is 21.2 Å². The minimum atomic E-state index is -0.783. The number of methoxy groups -OCH3 is 1. The normalized spacial score (nSPS) is 14.3. The lowest BCUT2D eigenvalue weighted by molar-refractivity contribution is -0.139. The number of carbonyl (C=O) groups excluding carboxylic acids is 3. The van der Waals surface area contributed by atoms with Crippen molar-refractivity contribution in [3.63, 3.8) is 0 Å². The molecule has 1 atom stereocenters. The molecular weight excluding hydrogens is 628 g/mol. The lowest BCUT2D eigenvalue weighted by Crippen LogP contribution is -2.45. The fourth-order valence-electron chi connectivity index (χ4n) is 4.67. The number of nitrogens with one attached hydrogen (secondary N) is 3. The molecular formula is C34H37ClN4O8. The van der Waals surface area contributed by atoms with Crippen molar-refractivity contribution in [1.29, 1.82) is 0 Å². The average molecular weight is 665 g/mol. The molecule has 3 N–H and O–H groups in total. The third kappa shape index (κ3) is 9.17. The molecule has 47 heavy (non-hydrogen) atoms. The first-order valence-corrected chi connectivity index (χ1v) is 15.2. The van der Waals surface area contributed by atoms with E-state index in [9.17, 15) is 14.4 Å². The molecule has 0 spiro atoms. The smallest absolute Gasteiger partial charge is 0.338 e. The van der Waals surface area contributed by atoms with Gasteiger partial charge >= 0.3 is 12.0 Å². The first-order valence-electron chi connectivity index (χ1n) is 14.9. The van der Waals surface area contributed by atoms with Crippen LogP contribution in [0.25, 0.3) is 0 Å². The van der Waals surface area contributed by atoms with Crippen LogP contribution in [0.15, 0.2) is 71.0 Å². The van der Waals surface area contributed by atoms with Gasteiger partial charge in [0.2, 0.25) is 0 Å². The summed E-state index contributed by atoms with van der Waals surface area (Å²) in [6, 6.07) is 15.0. The number of amides is 3. The zero-order chi connectivity index (χ0) is 33.9. The molecule has 0 fully saturated rings. The van der Waals surface area contributed by atoms with Crippen molar-refractivity contribution in [3.05, 3.63) is 93.1 Å². The average Bonchev–Trinajstić information content (AvgIpc) is 3.04. The van der Waals surface area contributed by atoms with Gasteiger partial charge in [0, 0.05) is 5.70 Å². The summed E-state index contributed by atoms with van der Waals surface area (Å²) in [5, 5.41) is 9.67. The summed E-state index contributed by atoms with van der Waals surface area (Å²) < 4.78 is 28.0. The first kappa shape index (κ1) is 34.6. The Morgan fingerprint density at radius 2 is 1.72 bits per heavy atom. The minimum absolute atomic E-state index is 0.177. The van der Waals surface area contributed by atoms with E-state index in [-0.39, 0.29) is 30.3 Å². The van der Waals surface area contributed by atoms with Crippen LogP contribution >= 0.6 is 11.6 Å². The van der Waals surface area contributed by atoms with Crippen LogP contribution in [0.2, 0.25) is 5.02 Å². The third-order valence-electron chi connectivity index (χ3n) is 6.88. The van der Waals surface area contributed by atoms with Gasteiger partial charge in [-0.2, -0.15) is 5.10 Å². The number of ether oxygens (including phenoxy) is 5. The second kappa shape index (κ2) is 16.4. The highest BCUT2D eigenvalue weighted by Gasteiger charge is 2.32. The Morgan fingerprint density at radius 3 is 2.43 bits per heavy atom. The van der Waals surface area contributed by atoms with Crippen molar-refractivity contribution < 1.29 is 38.1 Å². The van der Waals surface area contributed by atoms with E-state index in [1.807, 2.05) is 38.1 Å². The quantitative estimate of drug-likeness (QED) is 0.119. The number of hydrogen-bond donors (Lipinski definition) is 3. The zero-order valence-electron chi connectivity index (χ0n) is 26.8. The van der Waals surface area contributed by atoms with E-state index < -0.39 is 23.9 Å². The second-order valence-electron chi connectivity index (χ2n) is 10.3. The molecule has 0 aliphatic carbocycles. The summed E-state index contributed by atoms with van der Waals surface area (Å²) >= 11 is 6.53. The van der Waals surface area contributed by atoms with Crippen molar-refractivity contribution >= 4 is 35.7 Å². The van der Waals surface area contributed by atoms with Crippen LogP contribution < -0.4 is 35.0 Å². The maximum atomic E-state index is 12.6. The summed E-state index contributed by atoms with van der Waals surface area (Å²) in [5.74, 6) is 0.323. The van der Waals surface area contributed by atoms with Gasteiger partial charge in [-0.25, -0.2) is 15.0 Å². The van der Waals surface area contributed by atoms with Gasteiger partial charge < -0.3 is 34.3 Å². The molecule has 1 heterocycles. The van der Waals surface area contributed by atoms with Crippen LogP contribution in [0.3, 0.4) is 0 Å². The van der Waals surface area contributed by atoms with Gasteiger partial charge in [0.1, 0.15) is 6.61 Å². The maximum absolute atomic E-state index is 12.6. The second-order valence-corrected chi connectivity index (χ2v) is 10.7. The topological polar surface area (TPSA) is 146 Å². The first-order chi connectivity index (χ1) is 22.6. The molecule has 1 aliphatic rings. The molecule has 3 aromatic rings. The molecule has 12 nitrogen and oxygen atoms in total. The summed E-state index contributed by atoms with van der Waals surface area (Å²) in [7, 11) is 1.44. The third-order valence-corrected chi connectivity index (χ3v) is 7.16. The Bertz CT molecular complexity index is 1670. The number of esters is 1. The van der Waals surface area contributed by atoms with Crippen LogP contribution in [0.4, 0.5) is 4.79 Å². The van der Waals surface area contributed by atoms with Gasteiger partial charge in [-0.05, 0) is 68.7 Å². The molecule has 0 saturated carbocycles. The lowest BCUT2D eigenvalue weighted by atomic mass is 9.95. The monoisotopic (exact) mass is 664 g/mol. The number of carbonyl (C=O) groups is 3. The van der Waals surface area contributed by atoms with Crippen molar-refractivity contribution in [3.8, 4) is 23.0 Å². The predicted octanol–water partition coefficient (Wildman–Crippen LogP) is 5.35. The summed E-state index contributed by atoms with van der Waals surface area (Å²) in [4.78, 5) is 37.3. The highest BCUT2D eigenvalue weighted by molar-refractivity contribution is 6.32. The molecule has 0 unspecified atom stereocenters. The standard InChI is InChI=1S/C34H37ClN4O8/c1-6-44-28-15-23(14-25(35)32(28)47-18-22-10-8-20(3)9-11-22)17-36-39-29(40)19-46-26-13-12-24(16-27(26)43-5)31-30(33(41)45-7-2)21(4)37-34(42)38-31/h8-17,31H,6-7,18-19H2,1-5H3,(H,39,40)(H2,37,38,42)/b36-17-/t31-/m0/s1. The number of benzene rings is 3. The SMILES string of the molecule is CCOC(=O)C1=C(C)NC(=O)N[C@H]1c1ccc(OCC(=O)N/N=C\c2cc(Cl)c(OCc3ccc(C)cc3)c(OCC)c2)c(OC)c1. The lowest BCUT2D eigenvalue weighted by Gasteiger charge is -2.28. The molecule has 3 amide bonds. The number of aryl methyl sites for hydroxylation is 1. The Labute approximate surface area is 278 Å². The number of urea groups is 1. The summed E-state index contributed by atoms with van der Waals surface area (Å²) in [5.41, 5.74) is 6.34. The van der Waals surface area contributed by atoms with Gasteiger partial charge in [0.25, 0.3) is 5.91 Å². The van der Waals surface area contributed by atoms with Crippen molar-refractivity contribution in [2.45, 2.75) is 40.3 Å². The highest BCUT2D eigenvalue weighted by Crippen LogP contribution is 2.37. The molecule has 0 aromatic heterocycles. The summed E-state index contributed by atoms with van der Waals surface area (Å²) in [6.07, 6.45) is 1.43. The Balaban J connectivity index is 1.38. The largest absolute Gasteiger partial charge is 0.493 e. The molecule has 3 aromatic carbocycles. The van der Waals surface area contributed by atoms with E-state index >= 15 is 0 Å². The number of nitrogens with zero attached hydrogens (tertiary/aromatic N) is 1. The number of hydrogen-bond acceptors (Lipinski definition) is 9. The molecule has 13 heteroatoms. The highest BCUT2D eigenvalue weighted by atomic mass is 35.5. The van der Waals surface area contributed by atoms with E-state index in [4.69, 9.17) is 35.3 Å². The summed E-state index contributed by atoms with van der Waals surface area (Å²) in [6.45, 7) is 7.70. The number of rotatable bonds is 14. The fourth-order valence-corrected chi connectivity index (χ4v) is 4.94. The van der Waals surface area contributed by atoms with Crippen molar-refractivity contribution in [2.24, 2.45) is 5.10 Å². The van der Waals surface area contributed by atoms with Gasteiger partial charge in [-0.1, -0.05) is 47.5 Å². The van der Waals surface area contributed by atoms with E-state index in [1.165, 1.54) is 13.3 Å². The minimum Gasteiger partial charge on any atom is -0.493 e. The van der Waals surface area contributed by atoms with Crippen LogP contribution in [0.1, 0.15) is 49.1 Å². The Kier molecular flexibility index (Phi) is 12.1. The molecule has 0 radical (unpaired) electrons. The van der Waals surface area contributed by atoms with Crippen LogP contribution in [0, 0.1) is 6.92 Å². The van der Waals surface area contributed by atoms with Gasteiger partial charge in [-0.3, -0.25) is 4.79 Å². The number of allylic oxidation sites excluding steroid dienone is 1. The molecule has 1 aliphatic heterocycles. The van der Waals surface area contributed by atoms with Crippen LogP contribution in [-0.4, -0.2) is 51.1 Å². The molecule has 0 bridgehead atoms. The predicted molar refractivity (Wildman–Crippen MR) is 176 cm³/mol. The zero-order valence-corrected chi connectivity index (χ0v) is 27.5. The van der Waals surface area contributed by atoms with E-state index in [1.54, 1.807) is 44.2 Å². The van der Waals surface area contributed by atoms with Crippen LogP contribution in [-0.2, 0) is 20.9 Å². The van der Waals surface area contributed by atoms with Crippen molar-refractivity contribution in [1.82, 2.24) is 16.1 Å². The fraction of sp³-hybridized carbons (Fsp3) is 0.294. The van der Waals surface area contributed by atoms with Crippen molar-refractivity contribution in [2.75, 3.05) is 26.9 Å². The van der Waals surface area contributed by atoms with E-state index in [0.29, 0.717) is 46.6 Å². The Hall–Kier alpha value is -5.23. The number of hydrazone groups is 1. The molecule has 0 saturated heterocycles. The van der Waals surface area contributed by atoms with E-state index in [0.717, 1.165) is 11.1 Å². The Morgan fingerprint density at radius 1 is 0.957 bits per heavy atom. The van der Waals surface area contributed by atoms with Gasteiger partial charge in [-0.15, -0.1) is 0 Å². The van der Waals surface area contributed by atoms with Gasteiger partial charge in [0.15, 0.2) is 29.6 Å².